The number of nitrogens with zero attached hydrogens (tertiary/aromatic N) is 5. The lowest BCUT2D eigenvalue weighted by Crippen LogP contribution is -2.41. The molecule has 2 aromatic carbocycles. The van der Waals surface area contributed by atoms with Crippen molar-refractivity contribution in [1.29, 1.82) is 0 Å². The van der Waals surface area contributed by atoms with Crippen LogP contribution >= 0.6 is 0 Å². The van der Waals surface area contributed by atoms with Crippen molar-refractivity contribution in [2.75, 3.05) is 26.3 Å². The lowest BCUT2D eigenvalue weighted by atomic mass is 10.1. The third kappa shape index (κ3) is 2.16. The van der Waals surface area contributed by atoms with Gasteiger partial charge in [-0.2, -0.15) is 0 Å². The third-order valence-corrected chi connectivity index (χ3v) is 4.63. The predicted octanol–water partition coefficient (Wildman–Crippen LogP) is 1.90. The molecule has 3 heterocycles. The molecule has 2 aromatic heterocycles. The van der Waals surface area contributed by atoms with E-state index in [9.17, 15) is 4.79 Å². The largest absolute Gasteiger partial charge is 0.378 e. The van der Waals surface area contributed by atoms with Crippen molar-refractivity contribution >= 4 is 33.4 Å². The van der Waals surface area contributed by atoms with Crippen LogP contribution in [0, 0.1) is 0 Å². The van der Waals surface area contributed by atoms with Crippen LogP contribution in [0.1, 0.15) is 10.5 Å². The van der Waals surface area contributed by atoms with Gasteiger partial charge in [0.05, 0.1) is 18.7 Å². The van der Waals surface area contributed by atoms with Gasteiger partial charge in [0, 0.05) is 18.5 Å². The van der Waals surface area contributed by atoms with Gasteiger partial charge in [0.15, 0.2) is 11.3 Å². The number of carbonyl (C=O) groups is 1. The summed E-state index contributed by atoms with van der Waals surface area (Å²) in [4.78, 5) is 18.8. The Morgan fingerprint density at radius 1 is 1.04 bits per heavy atom. The van der Waals surface area contributed by atoms with Crippen LogP contribution in [0.5, 0.6) is 0 Å². The minimum atomic E-state index is -0.125. The zero-order valence-electron chi connectivity index (χ0n) is 13.4. The van der Waals surface area contributed by atoms with Crippen molar-refractivity contribution in [3.63, 3.8) is 0 Å². The summed E-state index contributed by atoms with van der Waals surface area (Å²) < 4.78 is 7.14. The topological polar surface area (TPSA) is 72.6 Å². The van der Waals surface area contributed by atoms with Crippen LogP contribution in [0.15, 0.2) is 42.7 Å². The molecule has 1 fully saturated rings. The Morgan fingerprint density at radius 3 is 2.76 bits per heavy atom. The Hall–Kier alpha value is -3.06. The molecule has 0 unspecified atom stereocenters. The van der Waals surface area contributed by atoms with Gasteiger partial charge in [-0.3, -0.25) is 9.20 Å². The zero-order valence-corrected chi connectivity index (χ0v) is 13.4. The van der Waals surface area contributed by atoms with Crippen molar-refractivity contribution in [1.82, 2.24) is 24.5 Å². The molecule has 4 aromatic rings. The first-order chi connectivity index (χ1) is 12.3. The van der Waals surface area contributed by atoms with E-state index in [1.54, 1.807) is 11.2 Å². The van der Waals surface area contributed by atoms with E-state index in [1.807, 2.05) is 40.8 Å². The SMILES string of the molecule is O=C(c1ncn2c1nnc1c3ccccc3ccc12)N1CCOCC1. The fraction of sp³-hybridized carbons (Fsp3) is 0.222. The summed E-state index contributed by atoms with van der Waals surface area (Å²) in [7, 11) is 0. The lowest BCUT2D eigenvalue weighted by Gasteiger charge is -2.25. The fourth-order valence-electron chi connectivity index (χ4n) is 3.32. The van der Waals surface area contributed by atoms with Gasteiger partial charge in [0.2, 0.25) is 0 Å². The van der Waals surface area contributed by atoms with Crippen LogP contribution < -0.4 is 0 Å². The molecule has 25 heavy (non-hydrogen) atoms. The second kappa shape index (κ2) is 5.49. The van der Waals surface area contributed by atoms with E-state index in [0.717, 1.165) is 21.8 Å². The quantitative estimate of drug-likeness (QED) is 0.498. The number of benzene rings is 2. The number of hydrogen-bond acceptors (Lipinski definition) is 5. The predicted molar refractivity (Wildman–Crippen MR) is 92.5 cm³/mol. The fourth-order valence-corrected chi connectivity index (χ4v) is 3.32. The summed E-state index contributed by atoms with van der Waals surface area (Å²) in [6, 6.07) is 12.1. The normalized spacial score (nSPS) is 15.3. The molecule has 1 saturated heterocycles. The van der Waals surface area contributed by atoms with Crippen LogP contribution in [0.4, 0.5) is 0 Å². The smallest absolute Gasteiger partial charge is 0.276 e. The van der Waals surface area contributed by atoms with E-state index >= 15 is 0 Å². The number of fused-ring (bicyclic) bond motifs is 5. The number of hydrogen-bond donors (Lipinski definition) is 0. The van der Waals surface area contributed by atoms with Crippen LogP contribution in [-0.4, -0.2) is 56.7 Å². The molecule has 124 valence electrons. The summed E-state index contributed by atoms with van der Waals surface area (Å²) in [5.41, 5.74) is 2.51. The van der Waals surface area contributed by atoms with E-state index in [-0.39, 0.29) is 5.91 Å². The number of ether oxygens (including phenoxy) is 1. The van der Waals surface area contributed by atoms with Crippen LogP contribution in [0.2, 0.25) is 0 Å². The van der Waals surface area contributed by atoms with Gasteiger partial charge < -0.3 is 9.64 Å². The number of imidazole rings is 1. The Bertz CT molecular complexity index is 1110. The molecule has 7 heteroatoms. The molecule has 0 aliphatic carbocycles. The minimum Gasteiger partial charge on any atom is -0.378 e. The monoisotopic (exact) mass is 333 g/mol. The van der Waals surface area contributed by atoms with Gasteiger partial charge >= 0.3 is 0 Å². The van der Waals surface area contributed by atoms with Crippen LogP contribution in [0.3, 0.4) is 0 Å². The van der Waals surface area contributed by atoms with E-state index < -0.39 is 0 Å². The average Bonchev–Trinajstić information content (AvgIpc) is 3.12. The molecule has 0 atom stereocenters. The van der Waals surface area contributed by atoms with E-state index in [1.165, 1.54) is 0 Å². The number of amides is 1. The maximum atomic E-state index is 12.8. The highest BCUT2D eigenvalue weighted by Crippen LogP contribution is 2.24. The second-order valence-corrected chi connectivity index (χ2v) is 6.05. The number of carbonyl (C=O) groups excluding carboxylic acids is 1. The standard InChI is InChI=1S/C18H15N5O2/c24-18(22-7-9-25-10-8-22)16-17-21-20-15-13-4-2-1-3-12(13)5-6-14(15)23(17)11-19-16/h1-6,11H,7-10H2. The summed E-state index contributed by atoms with van der Waals surface area (Å²) in [5, 5.41) is 10.8. The van der Waals surface area contributed by atoms with Gasteiger partial charge in [-0.15, -0.1) is 10.2 Å². The molecule has 7 nitrogen and oxygen atoms in total. The summed E-state index contributed by atoms with van der Waals surface area (Å²) in [5.74, 6) is -0.125. The first-order valence-corrected chi connectivity index (χ1v) is 8.21. The van der Waals surface area contributed by atoms with Crippen molar-refractivity contribution in [3.05, 3.63) is 48.4 Å². The average molecular weight is 333 g/mol. The van der Waals surface area contributed by atoms with Crippen molar-refractivity contribution in [3.8, 4) is 0 Å². The molecule has 0 bridgehead atoms. The third-order valence-electron chi connectivity index (χ3n) is 4.63. The molecular formula is C18H15N5O2. The Labute approximate surface area is 142 Å². The van der Waals surface area contributed by atoms with Crippen molar-refractivity contribution in [2.45, 2.75) is 0 Å². The van der Waals surface area contributed by atoms with E-state index in [0.29, 0.717) is 37.6 Å². The molecule has 0 saturated carbocycles. The molecule has 1 aliphatic heterocycles. The van der Waals surface area contributed by atoms with Gasteiger partial charge in [0.25, 0.3) is 5.91 Å². The highest BCUT2D eigenvalue weighted by Gasteiger charge is 2.24. The zero-order chi connectivity index (χ0) is 16.8. The van der Waals surface area contributed by atoms with Crippen LogP contribution in [-0.2, 0) is 4.74 Å². The lowest BCUT2D eigenvalue weighted by molar-refractivity contribution is 0.0300. The van der Waals surface area contributed by atoms with Gasteiger partial charge in [0.1, 0.15) is 11.8 Å². The first kappa shape index (κ1) is 14.3. The van der Waals surface area contributed by atoms with Crippen molar-refractivity contribution < 1.29 is 9.53 Å². The van der Waals surface area contributed by atoms with E-state index in [2.05, 4.69) is 15.2 Å². The van der Waals surface area contributed by atoms with Crippen molar-refractivity contribution in [2.24, 2.45) is 0 Å². The Morgan fingerprint density at radius 2 is 1.88 bits per heavy atom. The Balaban J connectivity index is 1.69. The molecule has 0 N–H and O–H groups in total. The molecular weight excluding hydrogens is 318 g/mol. The van der Waals surface area contributed by atoms with E-state index in [4.69, 9.17) is 4.74 Å². The van der Waals surface area contributed by atoms with Gasteiger partial charge in [-0.05, 0) is 11.5 Å². The second-order valence-electron chi connectivity index (χ2n) is 6.05. The number of morpholine rings is 1. The molecule has 1 amide bonds. The summed E-state index contributed by atoms with van der Waals surface area (Å²) in [6.45, 7) is 2.25. The maximum absolute atomic E-state index is 12.8. The van der Waals surface area contributed by atoms with Gasteiger partial charge in [-0.1, -0.05) is 30.3 Å². The Kier molecular flexibility index (Phi) is 3.14. The summed E-state index contributed by atoms with van der Waals surface area (Å²) in [6.07, 6.45) is 1.65. The highest BCUT2D eigenvalue weighted by atomic mass is 16.5. The minimum absolute atomic E-state index is 0.125. The van der Waals surface area contributed by atoms with Crippen LogP contribution in [0.25, 0.3) is 27.5 Å². The molecule has 0 spiro atoms. The first-order valence-electron chi connectivity index (χ1n) is 8.21. The summed E-state index contributed by atoms with van der Waals surface area (Å²) >= 11 is 0. The molecule has 1 aliphatic rings. The highest BCUT2D eigenvalue weighted by molar-refractivity contribution is 6.05. The maximum Gasteiger partial charge on any atom is 0.276 e. The molecule has 5 rings (SSSR count). The molecule has 0 radical (unpaired) electrons. The number of aromatic nitrogens is 4. The number of rotatable bonds is 1. The van der Waals surface area contributed by atoms with Gasteiger partial charge in [-0.25, -0.2) is 4.98 Å².